The Morgan fingerprint density at radius 3 is 3.07 bits per heavy atom. The van der Waals surface area contributed by atoms with Crippen LogP contribution in [0, 0.1) is 11.7 Å². The molecule has 0 spiro atoms. The largest absolute Gasteiger partial charge is 0.340 e. The third-order valence-electron chi connectivity index (χ3n) is 1.87. The summed E-state index contributed by atoms with van der Waals surface area (Å²) in [6, 6.07) is 0. The molecule has 0 aliphatic heterocycles. The number of hydrogen-bond donors (Lipinski definition) is 1. The highest BCUT2D eigenvalue weighted by Crippen LogP contribution is 1.99. The van der Waals surface area contributed by atoms with Gasteiger partial charge in [0.15, 0.2) is 10.6 Å². The smallest absolute Gasteiger partial charge is 0.223 e. The fourth-order valence-electron chi connectivity index (χ4n) is 1.19. The van der Waals surface area contributed by atoms with E-state index in [-0.39, 0.29) is 0 Å². The normalized spacial score (nSPS) is 10.6. The summed E-state index contributed by atoms with van der Waals surface area (Å²) in [5.74, 6) is 1.31. The van der Waals surface area contributed by atoms with Gasteiger partial charge in [-0.15, -0.1) is 0 Å². The molecule has 14 heavy (non-hydrogen) atoms. The highest BCUT2D eigenvalue weighted by Gasteiger charge is 2.02. The third kappa shape index (κ3) is 1.90. The zero-order valence-corrected chi connectivity index (χ0v) is 8.54. The van der Waals surface area contributed by atoms with Gasteiger partial charge in [-0.05, 0) is 12.2 Å². The second-order valence-electron chi connectivity index (χ2n) is 2.94. The number of H-pyrrole nitrogens is 1. The molecule has 74 valence electrons. The molecule has 0 bridgehead atoms. The number of nitrogens with zero attached hydrogens (tertiary/aromatic N) is 3. The molecule has 0 fully saturated rings. The molecule has 0 saturated carbocycles. The van der Waals surface area contributed by atoms with Crippen LogP contribution in [0.2, 0.25) is 0 Å². The van der Waals surface area contributed by atoms with Crippen molar-refractivity contribution in [2.24, 2.45) is 0 Å². The fourth-order valence-corrected chi connectivity index (χ4v) is 1.41. The summed E-state index contributed by atoms with van der Waals surface area (Å²) in [6.45, 7) is 2.54. The predicted molar refractivity (Wildman–Crippen MR) is 52.4 cm³/mol. The Kier molecular flexibility index (Phi) is 2.45. The summed E-state index contributed by atoms with van der Waals surface area (Å²) in [5.41, 5.74) is 0. The van der Waals surface area contributed by atoms with Gasteiger partial charge in [0.05, 0.1) is 0 Å². The standard InChI is InChI=1S/C8H10N4OS/c1-6-10-7(11-13-6)2-4-12-5-3-9-8(12)14/h3,5H,2,4H2,1H3,(H,9,14). The van der Waals surface area contributed by atoms with Crippen LogP contribution < -0.4 is 0 Å². The lowest BCUT2D eigenvalue weighted by Crippen LogP contribution is -2.01. The summed E-state index contributed by atoms with van der Waals surface area (Å²) in [6.07, 6.45) is 4.43. The summed E-state index contributed by atoms with van der Waals surface area (Å²) >= 11 is 5.05. The van der Waals surface area contributed by atoms with Crippen LogP contribution in [0.1, 0.15) is 11.7 Å². The number of aromatic nitrogens is 4. The summed E-state index contributed by atoms with van der Waals surface area (Å²) < 4.78 is 7.51. The first-order chi connectivity index (χ1) is 6.75. The average Bonchev–Trinajstić information content (AvgIpc) is 2.72. The van der Waals surface area contributed by atoms with Gasteiger partial charge in [-0.1, -0.05) is 5.16 Å². The first-order valence-electron chi connectivity index (χ1n) is 4.29. The molecule has 5 nitrogen and oxygen atoms in total. The van der Waals surface area contributed by atoms with Crippen LogP contribution in [-0.2, 0) is 13.0 Å². The minimum absolute atomic E-state index is 0.595. The average molecular weight is 210 g/mol. The number of hydrogen-bond acceptors (Lipinski definition) is 4. The quantitative estimate of drug-likeness (QED) is 0.779. The molecule has 0 aromatic carbocycles. The summed E-state index contributed by atoms with van der Waals surface area (Å²) in [4.78, 5) is 7.03. The Bertz CT molecular complexity index is 469. The molecular weight excluding hydrogens is 200 g/mol. The highest BCUT2D eigenvalue weighted by molar-refractivity contribution is 7.71. The first kappa shape index (κ1) is 9.14. The Morgan fingerprint density at radius 1 is 1.64 bits per heavy atom. The van der Waals surface area contributed by atoms with Gasteiger partial charge in [0.25, 0.3) is 0 Å². The molecule has 2 rings (SSSR count). The highest BCUT2D eigenvalue weighted by atomic mass is 32.1. The number of nitrogens with one attached hydrogen (secondary N) is 1. The van der Waals surface area contributed by atoms with Crippen molar-refractivity contribution in [1.29, 1.82) is 0 Å². The Morgan fingerprint density at radius 2 is 2.50 bits per heavy atom. The van der Waals surface area contributed by atoms with E-state index in [4.69, 9.17) is 16.7 Å². The van der Waals surface area contributed by atoms with Crippen LogP contribution in [-0.4, -0.2) is 19.7 Å². The van der Waals surface area contributed by atoms with Gasteiger partial charge < -0.3 is 14.1 Å². The van der Waals surface area contributed by atoms with Crippen LogP contribution >= 0.6 is 12.2 Å². The molecular formula is C8H10N4OS. The maximum absolute atomic E-state index is 5.05. The van der Waals surface area contributed by atoms with Gasteiger partial charge in [0, 0.05) is 32.3 Å². The van der Waals surface area contributed by atoms with Gasteiger partial charge in [-0.3, -0.25) is 0 Å². The van der Waals surface area contributed by atoms with Crippen molar-refractivity contribution in [2.45, 2.75) is 19.9 Å². The molecule has 0 radical (unpaired) electrons. The number of imidazole rings is 1. The fraction of sp³-hybridized carbons (Fsp3) is 0.375. The number of aryl methyl sites for hydroxylation is 3. The van der Waals surface area contributed by atoms with E-state index in [9.17, 15) is 0 Å². The van der Waals surface area contributed by atoms with Crippen molar-refractivity contribution in [3.8, 4) is 0 Å². The second-order valence-corrected chi connectivity index (χ2v) is 3.32. The molecule has 0 aliphatic rings. The topological polar surface area (TPSA) is 59.6 Å². The lowest BCUT2D eigenvalue weighted by atomic mass is 10.4. The van der Waals surface area contributed by atoms with Crippen LogP contribution in [0.5, 0.6) is 0 Å². The minimum atomic E-state index is 0.595. The maximum Gasteiger partial charge on any atom is 0.223 e. The Labute approximate surface area is 85.8 Å². The maximum atomic E-state index is 5.05. The van der Waals surface area contributed by atoms with E-state index in [0.717, 1.165) is 13.0 Å². The van der Waals surface area contributed by atoms with Crippen LogP contribution in [0.15, 0.2) is 16.9 Å². The van der Waals surface area contributed by atoms with Crippen LogP contribution in [0.3, 0.4) is 0 Å². The van der Waals surface area contributed by atoms with Crippen LogP contribution in [0.25, 0.3) is 0 Å². The third-order valence-corrected chi connectivity index (χ3v) is 2.22. The van der Waals surface area contributed by atoms with E-state index in [0.29, 0.717) is 16.5 Å². The molecule has 0 aliphatic carbocycles. The van der Waals surface area contributed by atoms with E-state index in [2.05, 4.69) is 15.1 Å². The summed E-state index contributed by atoms with van der Waals surface area (Å²) in [7, 11) is 0. The molecule has 2 aromatic rings. The van der Waals surface area contributed by atoms with Crippen molar-refractivity contribution in [1.82, 2.24) is 19.7 Å². The zero-order valence-electron chi connectivity index (χ0n) is 7.73. The monoisotopic (exact) mass is 210 g/mol. The molecule has 1 N–H and O–H groups in total. The van der Waals surface area contributed by atoms with Crippen LogP contribution in [0.4, 0.5) is 0 Å². The predicted octanol–water partition coefficient (Wildman–Crippen LogP) is 1.48. The van der Waals surface area contributed by atoms with Crippen molar-refractivity contribution in [3.63, 3.8) is 0 Å². The molecule has 0 saturated heterocycles. The Hall–Kier alpha value is -1.43. The van der Waals surface area contributed by atoms with Gasteiger partial charge in [0.2, 0.25) is 5.89 Å². The number of rotatable bonds is 3. The number of aromatic amines is 1. The van der Waals surface area contributed by atoms with E-state index in [1.165, 1.54) is 0 Å². The first-order valence-corrected chi connectivity index (χ1v) is 4.69. The summed E-state index contributed by atoms with van der Waals surface area (Å²) in [5, 5.41) is 3.80. The lowest BCUT2D eigenvalue weighted by molar-refractivity contribution is 0.386. The molecule has 2 aromatic heterocycles. The van der Waals surface area contributed by atoms with Gasteiger partial charge in [0.1, 0.15) is 0 Å². The molecule has 6 heteroatoms. The Balaban J connectivity index is 2.01. The van der Waals surface area contributed by atoms with E-state index in [1.807, 2.05) is 17.0 Å². The van der Waals surface area contributed by atoms with E-state index >= 15 is 0 Å². The van der Waals surface area contributed by atoms with Crippen molar-refractivity contribution in [3.05, 3.63) is 28.9 Å². The second kappa shape index (κ2) is 3.75. The minimum Gasteiger partial charge on any atom is -0.340 e. The lowest BCUT2D eigenvalue weighted by Gasteiger charge is -1.97. The molecule has 2 heterocycles. The molecule has 0 amide bonds. The zero-order chi connectivity index (χ0) is 9.97. The van der Waals surface area contributed by atoms with Gasteiger partial charge >= 0.3 is 0 Å². The van der Waals surface area contributed by atoms with E-state index in [1.54, 1.807) is 6.92 Å². The van der Waals surface area contributed by atoms with Gasteiger partial charge in [-0.2, -0.15) is 4.98 Å². The molecule has 0 atom stereocenters. The van der Waals surface area contributed by atoms with Crippen molar-refractivity contribution < 1.29 is 4.52 Å². The van der Waals surface area contributed by atoms with Crippen molar-refractivity contribution in [2.75, 3.05) is 0 Å². The van der Waals surface area contributed by atoms with E-state index < -0.39 is 0 Å². The van der Waals surface area contributed by atoms with Crippen molar-refractivity contribution >= 4 is 12.2 Å². The molecule has 0 unspecified atom stereocenters. The SMILES string of the molecule is Cc1nc(CCn2cc[nH]c2=S)no1. The van der Waals surface area contributed by atoms with Gasteiger partial charge in [-0.25, -0.2) is 0 Å².